The summed E-state index contributed by atoms with van der Waals surface area (Å²) in [5.41, 5.74) is 0. The lowest BCUT2D eigenvalue weighted by Crippen LogP contribution is -2.32. The van der Waals surface area contributed by atoms with Crippen molar-refractivity contribution in [2.75, 3.05) is 12.8 Å². The van der Waals surface area contributed by atoms with E-state index in [4.69, 9.17) is 0 Å². The number of carbonyl (C=O) groups excluding carboxylic acids is 3. The predicted molar refractivity (Wildman–Crippen MR) is 49.3 cm³/mol. The molecule has 0 aromatic carbocycles. The molecule has 72 valence electrons. The third-order valence-electron chi connectivity index (χ3n) is 1.96. The van der Waals surface area contributed by atoms with Gasteiger partial charge in [0.05, 0.1) is 5.25 Å². The molecule has 0 N–H and O–H groups in total. The van der Waals surface area contributed by atoms with Gasteiger partial charge >= 0.3 is 0 Å². The van der Waals surface area contributed by atoms with Gasteiger partial charge in [-0.15, -0.1) is 0 Å². The van der Waals surface area contributed by atoms with Gasteiger partial charge in [0.1, 0.15) is 6.29 Å². The van der Waals surface area contributed by atoms with Gasteiger partial charge in [-0.2, -0.15) is 11.8 Å². The fourth-order valence-corrected chi connectivity index (χ4v) is 1.89. The van der Waals surface area contributed by atoms with E-state index in [0.717, 1.165) is 0 Å². The quantitative estimate of drug-likeness (QED) is 0.477. The maximum Gasteiger partial charge on any atom is 0.242 e. The molecule has 4 nitrogen and oxygen atoms in total. The summed E-state index contributed by atoms with van der Waals surface area (Å²) >= 11 is 1.38. The summed E-state index contributed by atoms with van der Waals surface area (Å²) in [4.78, 5) is 33.9. The van der Waals surface area contributed by atoms with E-state index in [9.17, 15) is 14.4 Å². The molecular weight excluding hydrogens is 190 g/mol. The Balaban J connectivity index is 2.59. The average Bonchev–Trinajstić information content (AvgIpc) is 2.39. The van der Waals surface area contributed by atoms with E-state index >= 15 is 0 Å². The molecule has 0 aromatic rings. The molecule has 1 aliphatic heterocycles. The van der Waals surface area contributed by atoms with E-state index in [2.05, 4.69) is 0 Å². The van der Waals surface area contributed by atoms with E-state index < -0.39 is 0 Å². The van der Waals surface area contributed by atoms with Crippen LogP contribution in [0.1, 0.15) is 12.8 Å². The molecule has 0 radical (unpaired) electrons. The summed E-state index contributed by atoms with van der Waals surface area (Å²) < 4.78 is 0. The van der Waals surface area contributed by atoms with Crippen molar-refractivity contribution in [2.45, 2.75) is 18.1 Å². The third-order valence-corrected chi connectivity index (χ3v) is 2.89. The van der Waals surface area contributed by atoms with Crippen LogP contribution in [-0.2, 0) is 14.4 Å². The second kappa shape index (κ2) is 4.41. The van der Waals surface area contributed by atoms with Gasteiger partial charge in [-0.25, -0.2) is 0 Å². The molecule has 1 saturated heterocycles. The molecular formula is C8H11NO3S. The van der Waals surface area contributed by atoms with E-state index in [1.165, 1.54) is 16.7 Å². The number of imide groups is 1. The summed E-state index contributed by atoms with van der Waals surface area (Å²) in [6.45, 7) is 0.234. The SMILES string of the molecule is CSC1CC(=O)N(CCC=O)C1=O. The molecule has 0 bridgehead atoms. The number of thioether (sulfide) groups is 1. The van der Waals surface area contributed by atoms with Crippen LogP contribution in [0.3, 0.4) is 0 Å². The maximum absolute atomic E-state index is 11.4. The summed E-state index contributed by atoms with van der Waals surface area (Å²) in [6, 6.07) is 0. The van der Waals surface area contributed by atoms with Crippen LogP contribution in [0.15, 0.2) is 0 Å². The Morgan fingerprint density at radius 2 is 2.31 bits per heavy atom. The molecule has 1 unspecified atom stereocenters. The Labute approximate surface area is 80.7 Å². The van der Waals surface area contributed by atoms with Crippen molar-refractivity contribution in [2.24, 2.45) is 0 Å². The smallest absolute Gasteiger partial charge is 0.242 e. The van der Waals surface area contributed by atoms with E-state index in [1.54, 1.807) is 6.26 Å². The molecule has 0 saturated carbocycles. The first-order chi connectivity index (χ1) is 6.20. The summed E-state index contributed by atoms with van der Waals surface area (Å²) in [6.07, 6.45) is 3.03. The number of rotatable bonds is 4. The van der Waals surface area contributed by atoms with Crippen molar-refractivity contribution in [1.29, 1.82) is 0 Å². The average molecular weight is 201 g/mol. The third kappa shape index (κ3) is 2.09. The van der Waals surface area contributed by atoms with Crippen LogP contribution in [0.2, 0.25) is 0 Å². The van der Waals surface area contributed by atoms with Gasteiger partial charge in [-0.05, 0) is 6.26 Å². The zero-order valence-corrected chi connectivity index (χ0v) is 8.17. The van der Waals surface area contributed by atoms with Crippen molar-refractivity contribution in [3.63, 3.8) is 0 Å². The summed E-state index contributed by atoms with van der Waals surface area (Å²) in [5, 5.41) is -0.237. The largest absolute Gasteiger partial charge is 0.303 e. The predicted octanol–water partition coefficient (Wildman–Crippen LogP) is 0.0659. The van der Waals surface area contributed by atoms with Crippen LogP contribution in [0.4, 0.5) is 0 Å². The molecule has 1 rings (SSSR count). The highest BCUT2D eigenvalue weighted by molar-refractivity contribution is 8.00. The molecule has 1 fully saturated rings. The molecule has 2 amide bonds. The Kier molecular flexibility index (Phi) is 3.48. The van der Waals surface area contributed by atoms with Crippen molar-refractivity contribution in [1.82, 2.24) is 4.90 Å². The maximum atomic E-state index is 11.4. The van der Waals surface area contributed by atoms with Crippen molar-refractivity contribution < 1.29 is 14.4 Å². The highest BCUT2D eigenvalue weighted by Gasteiger charge is 2.37. The fraction of sp³-hybridized carbons (Fsp3) is 0.625. The van der Waals surface area contributed by atoms with Crippen LogP contribution in [0.5, 0.6) is 0 Å². The zero-order valence-electron chi connectivity index (χ0n) is 7.36. The highest BCUT2D eigenvalue weighted by atomic mass is 32.2. The number of aldehydes is 1. The number of hydrogen-bond donors (Lipinski definition) is 0. The van der Waals surface area contributed by atoms with Crippen LogP contribution in [0, 0.1) is 0 Å². The second-order valence-corrected chi connectivity index (χ2v) is 3.81. The number of amides is 2. The molecule has 0 aromatic heterocycles. The van der Waals surface area contributed by atoms with Gasteiger partial charge in [-0.1, -0.05) is 0 Å². The molecule has 0 aliphatic carbocycles. The zero-order chi connectivity index (χ0) is 9.84. The van der Waals surface area contributed by atoms with Crippen molar-refractivity contribution in [3.05, 3.63) is 0 Å². The van der Waals surface area contributed by atoms with Gasteiger partial charge < -0.3 is 4.79 Å². The first-order valence-corrected chi connectivity index (χ1v) is 5.30. The highest BCUT2D eigenvalue weighted by Crippen LogP contribution is 2.22. The lowest BCUT2D eigenvalue weighted by atomic mass is 10.4. The van der Waals surface area contributed by atoms with E-state index in [1.807, 2.05) is 0 Å². The van der Waals surface area contributed by atoms with Gasteiger partial charge in [-0.3, -0.25) is 14.5 Å². The van der Waals surface area contributed by atoms with Crippen LogP contribution < -0.4 is 0 Å². The standard InChI is InChI=1S/C8H11NO3S/c1-13-6-5-7(11)9(8(6)12)3-2-4-10/h4,6H,2-3,5H2,1H3. The van der Waals surface area contributed by atoms with Gasteiger partial charge in [0.15, 0.2) is 0 Å². The van der Waals surface area contributed by atoms with E-state index in [0.29, 0.717) is 6.29 Å². The molecule has 1 aliphatic rings. The first kappa shape index (κ1) is 10.2. The van der Waals surface area contributed by atoms with Crippen LogP contribution in [0.25, 0.3) is 0 Å². The Morgan fingerprint density at radius 1 is 1.62 bits per heavy atom. The lowest BCUT2D eigenvalue weighted by Gasteiger charge is -2.11. The normalized spacial score (nSPS) is 22.5. The fourth-order valence-electron chi connectivity index (χ4n) is 1.25. The van der Waals surface area contributed by atoms with E-state index in [-0.39, 0.29) is 36.5 Å². The molecule has 1 atom stereocenters. The van der Waals surface area contributed by atoms with Crippen molar-refractivity contribution >= 4 is 29.9 Å². The molecule has 13 heavy (non-hydrogen) atoms. The molecule has 0 spiro atoms. The summed E-state index contributed by atoms with van der Waals surface area (Å²) in [7, 11) is 0. The Hall–Kier alpha value is -0.840. The lowest BCUT2D eigenvalue weighted by molar-refractivity contribution is -0.138. The van der Waals surface area contributed by atoms with Gasteiger partial charge in [0.25, 0.3) is 0 Å². The molecule has 1 heterocycles. The second-order valence-electron chi connectivity index (χ2n) is 2.77. The summed E-state index contributed by atoms with van der Waals surface area (Å²) in [5.74, 6) is -0.314. The van der Waals surface area contributed by atoms with Crippen LogP contribution >= 0.6 is 11.8 Å². The van der Waals surface area contributed by atoms with Gasteiger partial charge in [0, 0.05) is 19.4 Å². The van der Waals surface area contributed by atoms with Gasteiger partial charge in [0.2, 0.25) is 11.8 Å². The number of likely N-dealkylation sites (tertiary alicyclic amines) is 1. The minimum Gasteiger partial charge on any atom is -0.303 e. The van der Waals surface area contributed by atoms with Crippen LogP contribution in [-0.4, -0.2) is 41.1 Å². The first-order valence-electron chi connectivity index (χ1n) is 4.01. The Morgan fingerprint density at radius 3 is 2.77 bits per heavy atom. The number of hydrogen-bond acceptors (Lipinski definition) is 4. The number of nitrogens with zero attached hydrogens (tertiary/aromatic N) is 1. The molecule has 5 heteroatoms. The number of carbonyl (C=O) groups is 3. The monoisotopic (exact) mass is 201 g/mol. The Bertz CT molecular complexity index is 242. The minimum absolute atomic E-state index is 0.153. The minimum atomic E-state index is -0.237. The topological polar surface area (TPSA) is 54.5 Å². The van der Waals surface area contributed by atoms with Crippen molar-refractivity contribution in [3.8, 4) is 0 Å².